The maximum absolute atomic E-state index is 13.8. The average molecular weight is 240 g/mol. The molecule has 0 spiro atoms. The van der Waals surface area contributed by atoms with Gasteiger partial charge in [-0.25, -0.2) is 8.78 Å². The molecule has 1 fully saturated rings. The van der Waals surface area contributed by atoms with Gasteiger partial charge in [0.2, 0.25) is 0 Å². The van der Waals surface area contributed by atoms with Gasteiger partial charge in [0.1, 0.15) is 5.69 Å². The fourth-order valence-electron chi connectivity index (χ4n) is 2.06. The second-order valence-electron chi connectivity index (χ2n) is 5.11. The van der Waals surface area contributed by atoms with Gasteiger partial charge in [0.25, 0.3) is 0 Å². The molecule has 2 nitrogen and oxygen atoms in total. The van der Waals surface area contributed by atoms with E-state index in [4.69, 9.17) is 5.73 Å². The molecule has 0 saturated heterocycles. The van der Waals surface area contributed by atoms with E-state index >= 15 is 0 Å². The minimum atomic E-state index is -0.560. The molecule has 0 unspecified atom stereocenters. The zero-order valence-corrected chi connectivity index (χ0v) is 10.2. The number of nitrogens with zero attached hydrogens (tertiary/aromatic N) is 1. The third-order valence-corrected chi connectivity index (χ3v) is 2.88. The summed E-state index contributed by atoms with van der Waals surface area (Å²) in [6.45, 7) is 4.76. The van der Waals surface area contributed by atoms with Crippen molar-refractivity contribution in [2.75, 3.05) is 17.2 Å². The van der Waals surface area contributed by atoms with Crippen LogP contribution in [0.1, 0.15) is 26.7 Å². The summed E-state index contributed by atoms with van der Waals surface area (Å²) < 4.78 is 27.7. The van der Waals surface area contributed by atoms with Gasteiger partial charge in [0.05, 0.1) is 0 Å². The molecule has 1 aromatic carbocycles. The molecule has 17 heavy (non-hydrogen) atoms. The first kappa shape index (κ1) is 12.1. The Hall–Kier alpha value is -1.32. The van der Waals surface area contributed by atoms with Crippen molar-refractivity contribution in [1.29, 1.82) is 0 Å². The average Bonchev–Trinajstić information content (AvgIpc) is 2.96. The predicted molar refractivity (Wildman–Crippen MR) is 66.0 cm³/mol. The summed E-state index contributed by atoms with van der Waals surface area (Å²) in [7, 11) is 0. The summed E-state index contributed by atoms with van der Waals surface area (Å²) in [6.07, 6.45) is 2.02. The van der Waals surface area contributed by atoms with Crippen molar-refractivity contribution < 1.29 is 8.78 Å². The first-order chi connectivity index (χ1) is 7.99. The quantitative estimate of drug-likeness (QED) is 0.819. The van der Waals surface area contributed by atoms with Gasteiger partial charge in [-0.05, 0) is 30.9 Å². The van der Waals surface area contributed by atoms with Crippen molar-refractivity contribution in [3.05, 3.63) is 23.8 Å². The van der Waals surface area contributed by atoms with Crippen molar-refractivity contribution in [2.45, 2.75) is 32.7 Å². The molecule has 2 rings (SSSR count). The smallest absolute Gasteiger partial charge is 0.151 e. The fourth-order valence-corrected chi connectivity index (χ4v) is 2.06. The summed E-state index contributed by atoms with van der Waals surface area (Å²) in [5, 5.41) is 0. The first-order valence-electron chi connectivity index (χ1n) is 6.00. The molecule has 4 heteroatoms. The van der Waals surface area contributed by atoms with E-state index in [0.29, 0.717) is 12.5 Å². The maximum Gasteiger partial charge on any atom is 0.151 e. The number of anilines is 2. The molecule has 0 aliphatic heterocycles. The molecular formula is C13H18F2N2. The van der Waals surface area contributed by atoms with Gasteiger partial charge in [-0.1, -0.05) is 13.8 Å². The molecule has 94 valence electrons. The zero-order chi connectivity index (χ0) is 12.6. The lowest BCUT2D eigenvalue weighted by Gasteiger charge is -2.27. The molecule has 2 N–H and O–H groups in total. The molecule has 1 aliphatic rings. The molecule has 0 atom stereocenters. The Bertz CT molecular complexity index is 391. The molecule has 0 bridgehead atoms. The van der Waals surface area contributed by atoms with E-state index < -0.39 is 11.6 Å². The molecule has 0 heterocycles. The van der Waals surface area contributed by atoms with Crippen molar-refractivity contribution in [2.24, 2.45) is 5.92 Å². The molecule has 1 aromatic rings. The van der Waals surface area contributed by atoms with E-state index in [9.17, 15) is 8.78 Å². The highest BCUT2D eigenvalue weighted by molar-refractivity contribution is 5.57. The summed E-state index contributed by atoms with van der Waals surface area (Å²) >= 11 is 0. The Morgan fingerprint density at radius 3 is 2.24 bits per heavy atom. The number of hydrogen-bond acceptors (Lipinski definition) is 2. The lowest BCUT2D eigenvalue weighted by Crippen LogP contribution is -2.31. The highest BCUT2D eigenvalue weighted by atomic mass is 19.1. The van der Waals surface area contributed by atoms with Crippen molar-refractivity contribution in [3.63, 3.8) is 0 Å². The second-order valence-corrected chi connectivity index (χ2v) is 5.11. The van der Waals surface area contributed by atoms with Crippen LogP contribution in [0.2, 0.25) is 0 Å². The minimum Gasteiger partial charge on any atom is -0.399 e. The summed E-state index contributed by atoms with van der Waals surface area (Å²) in [6, 6.07) is 2.66. The first-order valence-corrected chi connectivity index (χ1v) is 6.00. The van der Waals surface area contributed by atoms with Crippen LogP contribution >= 0.6 is 0 Å². The van der Waals surface area contributed by atoms with E-state index in [0.717, 1.165) is 12.8 Å². The number of benzene rings is 1. The number of nitrogens with two attached hydrogens (primary N) is 1. The van der Waals surface area contributed by atoms with Gasteiger partial charge >= 0.3 is 0 Å². The van der Waals surface area contributed by atoms with Crippen LogP contribution in [0.5, 0.6) is 0 Å². The molecule has 0 radical (unpaired) electrons. The third-order valence-electron chi connectivity index (χ3n) is 2.88. The van der Waals surface area contributed by atoms with Crippen LogP contribution in [0.4, 0.5) is 20.2 Å². The number of halogens is 2. The van der Waals surface area contributed by atoms with Gasteiger partial charge < -0.3 is 10.6 Å². The topological polar surface area (TPSA) is 29.3 Å². The lowest BCUT2D eigenvalue weighted by atomic mass is 10.1. The van der Waals surface area contributed by atoms with Crippen LogP contribution in [0.25, 0.3) is 0 Å². The van der Waals surface area contributed by atoms with Gasteiger partial charge in [-0.2, -0.15) is 0 Å². The lowest BCUT2D eigenvalue weighted by molar-refractivity contribution is 0.545. The van der Waals surface area contributed by atoms with Crippen LogP contribution in [0, 0.1) is 17.6 Å². The van der Waals surface area contributed by atoms with E-state index in [1.165, 1.54) is 12.1 Å². The monoisotopic (exact) mass is 240 g/mol. The van der Waals surface area contributed by atoms with Crippen LogP contribution in [0.3, 0.4) is 0 Å². The molecular weight excluding hydrogens is 222 g/mol. The van der Waals surface area contributed by atoms with Gasteiger partial charge in [-0.3, -0.25) is 0 Å². The number of rotatable bonds is 4. The van der Waals surface area contributed by atoms with E-state index in [-0.39, 0.29) is 17.4 Å². The van der Waals surface area contributed by atoms with Gasteiger partial charge in [-0.15, -0.1) is 0 Å². The molecule has 0 aromatic heterocycles. The zero-order valence-electron chi connectivity index (χ0n) is 10.2. The normalized spacial score (nSPS) is 15.4. The Balaban J connectivity index is 2.35. The SMILES string of the molecule is CC(C)CN(c1c(F)cc(N)cc1F)C1CC1. The fraction of sp³-hybridized carbons (Fsp3) is 0.538. The van der Waals surface area contributed by atoms with Crippen molar-refractivity contribution in [3.8, 4) is 0 Å². The van der Waals surface area contributed by atoms with E-state index in [2.05, 4.69) is 0 Å². The van der Waals surface area contributed by atoms with Gasteiger partial charge in [0.15, 0.2) is 11.6 Å². The largest absolute Gasteiger partial charge is 0.399 e. The van der Waals surface area contributed by atoms with Crippen LogP contribution in [0.15, 0.2) is 12.1 Å². The molecule has 1 saturated carbocycles. The van der Waals surface area contributed by atoms with Gasteiger partial charge in [0, 0.05) is 18.3 Å². The third kappa shape index (κ3) is 2.68. The van der Waals surface area contributed by atoms with E-state index in [1.807, 2.05) is 18.7 Å². The minimum absolute atomic E-state index is 0.0791. The van der Waals surface area contributed by atoms with Crippen LogP contribution in [-0.2, 0) is 0 Å². The van der Waals surface area contributed by atoms with Crippen molar-refractivity contribution in [1.82, 2.24) is 0 Å². The Labute approximate surface area is 100 Å². The molecule has 1 aliphatic carbocycles. The highest BCUT2D eigenvalue weighted by Gasteiger charge is 2.32. The Kier molecular flexibility index (Phi) is 3.22. The summed E-state index contributed by atoms with van der Waals surface area (Å²) in [5.41, 5.74) is 5.63. The Morgan fingerprint density at radius 1 is 1.29 bits per heavy atom. The number of hydrogen-bond donors (Lipinski definition) is 1. The Morgan fingerprint density at radius 2 is 1.82 bits per heavy atom. The predicted octanol–water partition coefficient (Wildman–Crippen LogP) is 3.17. The second kappa shape index (κ2) is 4.51. The standard InChI is InChI=1S/C13H18F2N2/c1-8(2)7-17(10-3-4-10)13-11(14)5-9(16)6-12(13)15/h5-6,8,10H,3-4,7,16H2,1-2H3. The van der Waals surface area contributed by atoms with Crippen molar-refractivity contribution >= 4 is 11.4 Å². The van der Waals surface area contributed by atoms with E-state index in [1.54, 1.807) is 0 Å². The summed E-state index contributed by atoms with van der Waals surface area (Å²) in [4.78, 5) is 1.84. The highest BCUT2D eigenvalue weighted by Crippen LogP contribution is 2.36. The summed E-state index contributed by atoms with van der Waals surface area (Å²) in [5.74, 6) is -0.753. The van der Waals surface area contributed by atoms with Crippen LogP contribution in [-0.4, -0.2) is 12.6 Å². The molecule has 0 amide bonds. The van der Waals surface area contributed by atoms with Crippen LogP contribution < -0.4 is 10.6 Å². The number of nitrogen functional groups attached to an aromatic ring is 1. The maximum atomic E-state index is 13.8.